The normalized spacial score (nSPS) is 11.7. The summed E-state index contributed by atoms with van der Waals surface area (Å²) in [4.78, 5) is 0. The number of rotatable bonds is 12. The molecule has 3 heteroatoms. The summed E-state index contributed by atoms with van der Waals surface area (Å²) in [5, 5.41) is 29.3. The fourth-order valence-electron chi connectivity index (χ4n) is 23.6. The van der Waals surface area contributed by atoms with Crippen molar-refractivity contribution >= 4 is 163 Å². The van der Waals surface area contributed by atoms with Crippen LogP contribution in [-0.2, 0) is 0 Å². The highest BCUT2D eigenvalue weighted by Crippen LogP contribution is 2.54. The van der Waals surface area contributed by atoms with Crippen molar-refractivity contribution in [2.75, 3.05) is 0 Å². The monoisotopic (exact) mass is 1870 g/mol. The third kappa shape index (κ3) is 14.7. The lowest BCUT2D eigenvalue weighted by atomic mass is 9.82. The van der Waals surface area contributed by atoms with Crippen LogP contribution in [0.3, 0.4) is 0 Å². The van der Waals surface area contributed by atoms with Gasteiger partial charge in [-0.1, -0.05) is 504 Å². The number of furan rings is 3. The number of para-hydroxylation sites is 6. The molecule has 30 aromatic rings. The quantitative estimate of drug-likeness (QED) is 0.114. The maximum atomic E-state index is 6.56. The van der Waals surface area contributed by atoms with E-state index in [2.05, 4.69) is 516 Å². The van der Waals surface area contributed by atoms with Gasteiger partial charge < -0.3 is 13.3 Å². The van der Waals surface area contributed by atoms with Crippen LogP contribution in [0.15, 0.2) is 559 Å². The zero-order valence-corrected chi connectivity index (χ0v) is 80.2. The average Bonchev–Trinajstić information content (AvgIpc) is 1.72. The second-order valence-electron chi connectivity index (χ2n) is 38.4. The molecule has 0 fully saturated rings. The second-order valence-corrected chi connectivity index (χ2v) is 38.4. The molecule has 0 bridgehead atoms. The summed E-state index contributed by atoms with van der Waals surface area (Å²) in [5.41, 5.74) is 34.5. The van der Waals surface area contributed by atoms with Crippen LogP contribution in [0.5, 0.6) is 0 Å². The van der Waals surface area contributed by atoms with Crippen LogP contribution in [0.1, 0.15) is 0 Å². The summed E-state index contributed by atoms with van der Waals surface area (Å²) in [6.07, 6.45) is 0. The first-order valence-electron chi connectivity index (χ1n) is 50.6. The standard InChI is InChI=1S/3C48H30O/c1-2-15-32-30-33(29-28-31(32)14-1)34-16-3-5-19-37(34)46-39-21-7-9-23-41(39)47(42-24-10-8-22-40(42)46)38-20-6-4-17-35(38)43-25-13-26-44-36-18-11-12-27-45(36)49-48(43)44;1-2-14-32-29-34(28-27-31(32)13-1)36-17-3-4-19-39(36)47-42-22-7-5-20-40(42)46(41-21-6-8-23-43(41)47)35-16-11-15-33(30-35)37-24-12-25-44-38-18-9-10-26-45(38)49-48(37)44;1-2-13-34-30-35(29-24-31(34)12-1)36-14-3-4-16-39(36)47-42-19-7-5-17-40(42)46(41-18-6-8-20-43(41)47)33-27-25-32(26-28-33)37-21-11-22-44-38-15-9-10-23-45(38)49-48(37)44/h3*1-30H. The Morgan fingerprint density at radius 1 is 0.0952 bits per heavy atom. The van der Waals surface area contributed by atoms with Gasteiger partial charge in [-0.2, -0.15) is 0 Å². The Balaban J connectivity index is 0.000000107. The molecule has 3 heterocycles. The summed E-state index contributed by atoms with van der Waals surface area (Å²) in [6.45, 7) is 0. The van der Waals surface area contributed by atoms with Crippen molar-refractivity contribution in [3.63, 3.8) is 0 Å². The highest BCUT2D eigenvalue weighted by molar-refractivity contribution is 6.28. The molecule has 0 saturated heterocycles. The fourth-order valence-corrected chi connectivity index (χ4v) is 23.6. The van der Waals surface area contributed by atoms with E-state index in [1.807, 2.05) is 30.3 Å². The Morgan fingerprint density at radius 3 is 0.639 bits per heavy atom. The Bertz CT molecular complexity index is 10400. The molecule has 0 spiro atoms. The minimum Gasteiger partial charge on any atom is -0.455 e. The largest absolute Gasteiger partial charge is 0.455 e. The molecule has 684 valence electrons. The molecule has 3 nitrogen and oxygen atoms in total. The van der Waals surface area contributed by atoms with Gasteiger partial charge in [0.1, 0.15) is 33.5 Å². The molecule has 0 aliphatic carbocycles. The van der Waals surface area contributed by atoms with Gasteiger partial charge in [-0.05, 0) is 256 Å². The summed E-state index contributed by atoms with van der Waals surface area (Å²) in [5.74, 6) is 0. The molecule has 0 radical (unpaired) electrons. The van der Waals surface area contributed by atoms with Crippen molar-refractivity contribution in [2.24, 2.45) is 0 Å². The lowest BCUT2D eigenvalue weighted by molar-refractivity contribution is 0.669. The Labute approximate surface area is 849 Å². The van der Waals surface area contributed by atoms with Gasteiger partial charge in [0, 0.05) is 49.0 Å². The van der Waals surface area contributed by atoms with Gasteiger partial charge in [-0.3, -0.25) is 0 Å². The molecular formula is C144H90O3. The van der Waals surface area contributed by atoms with Gasteiger partial charge >= 0.3 is 0 Å². The van der Waals surface area contributed by atoms with E-state index in [0.717, 1.165) is 99.2 Å². The minimum absolute atomic E-state index is 0.910. The van der Waals surface area contributed by atoms with E-state index < -0.39 is 0 Å². The topological polar surface area (TPSA) is 39.4 Å². The van der Waals surface area contributed by atoms with Crippen LogP contribution in [-0.4, -0.2) is 0 Å². The van der Waals surface area contributed by atoms with Crippen molar-refractivity contribution in [1.29, 1.82) is 0 Å². The third-order valence-corrected chi connectivity index (χ3v) is 30.2. The van der Waals surface area contributed by atoms with Crippen molar-refractivity contribution in [2.45, 2.75) is 0 Å². The van der Waals surface area contributed by atoms with Gasteiger partial charge in [0.2, 0.25) is 0 Å². The second kappa shape index (κ2) is 36.0. The smallest absolute Gasteiger partial charge is 0.143 e. The number of benzene rings is 27. The Kier molecular flexibility index (Phi) is 21.0. The highest BCUT2D eigenvalue weighted by Gasteiger charge is 2.27. The molecule has 30 rings (SSSR count). The van der Waals surface area contributed by atoms with Crippen molar-refractivity contribution in [3.05, 3.63) is 546 Å². The molecule has 0 amide bonds. The maximum absolute atomic E-state index is 6.56. The Hall–Kier alpha value is -19.3. The van der Waals surface area contributed by atoms with Gasteiger partial charge in [0.05, 0.1) is 0 Å². The first-order chi connectivity index (χ1) is 73.0. The highest BCUT2D eigenvalue weighted by atomic mass is 16.3. The lowest BCUT2D eigenvalue weighted by Gasteiger charge is -2.21. The maximum Gasteiger partial charge on any atom is 0.143 e. The predicted molar refractivity (Wildman–Crippen MR) is 624 cm³/mol. The summed E-state index contributed by atoms with van der Waals surface area (Å²) in [6, 6.07) is 197. The zero-order chi connectivity index (χ0) is 96.9. The number of hydrogen-bond donors (Lipinski definition) is 0. The summed E-state index contributed by atoms with van der Waals surface area (Å²) < 4.78 is 19.4. The van der Waals surface area contributed by atoms with Crippen molar-refractivity contribution in [3.8, 4) is 134 Å². The van der Waals surface area contributed by atoms with E-state index in [4.69, 9.17) is 13.3 Å². The van der Waals surface area contributed by atoms with Gasteiger partial charge in [-0.25, -0.2) is 0 Å². The summed E-state index contributed by atoms with van der Waals surface area (Å²) in [7, 11) is 0. The van der Waals surface area contributed by atoms with Crippen LogP contribution in [0.2, 0.25) is 0 Å². The van der Waals surface area contributed by atoms with Crippen LogP contribution in [0.25, 0.3) is 296 Å². The average molecular weight is 1870 g/mol. The SMILES string of the molecule is c1cc(-c2c3ccccc3c(-c3ccccc3-c3ccc4ccccc4c3)c3ccccc23)cc(-c2cccc3c2oc2ccccc23)c1.c1ccc(-c2c3ccccc3c(-c3ccc(-c4cccc5c4oc4ccccc45)cc3)c3ccccc23)c(-c2ccc3ccccc3c2)c1.c1ccc(-c2c3ccccc3c(-c3ccccc3-c3cccc4c3oc3ccccc34)c3ccccc23)c(-c2ccc3ccccc3c2)c1. The number of fused-ring (bicyclic) bond motifs is 18. The number of hydrogen-bond acceptors (Lipinski definition) is 3. The van der Waals surface area contributed by atoms with E-state index in [0.29, 0.717) is 0 Å². The van der Waals surface area contributed by atoms with Crippen molar-refractivity contribution < 1.29 is 13.3 Å². The van der Waals surface area contributed by atoms with Gasteiger partial charge in [0.15, 0.2) is 0 Å². The molecule has 0 atom stereocenters. The summed E-state index contributed by atoms with van der Waals surface area (Å²) >= 11 is 0. The van der Waals surface area contributed by atoms with Gasteiger partial charge in [0.25, 0.3) is 0 Å². The molecule has 147 heavy (non-hydrogen) atoms. The van der Waals surface area contributed by atoms with E-state index in [9.17, 15) is 0 Å². The lowest BCUT2D eigenvalue weighted by Crippen LogP contribution is -1.94. The third-order valence-electron chi connectivity index (χ3n) is 30.2. The molecule has 0 aliphatic rings. The molecule has 3 aromatic heterocycles. The predicted octanol–water partition coefficient (Wildman–Crippen LogP) is 41.1. The molecule has 0 unspecified atom stereocenters. The fraction of sp³-hybridized carbons (Fsp3) is 0. The van der Waals surface area contributed by atoms with E-state index in [1.54, 1.807) is 0 Å². The molecular weight excluding hydrogens is 1780 g/mol. The Morgan fingerprint density at radius 2 is 0.299 bits per heavy atom. The van der Waals surface area contributed by atoms with E-state index >= 15 is 0 Å². The minimum atomic E-state index is 0.910. The van der Waals surface area contributed by atoms with Crippen LogP contribution in [0.4, 0.5) is 0 Å². The van der Waals surface area contributed by atoms with Crippen molar-refractivity contribution in [1.82, 2.24) is 0 Å². The van der Waals surface area contributed by atoms with Crippen LogP contribution >= 0.6 is 0 Å². The van der Waals surface area contributed by atoms with Crippen LogP contribution < -0.4 is 0 Å². The molecule has 0 saturated carbocycles. The molecule has 27 aromatic carbocycles. The molecule has 0 N–H and O–H groups in total. The van der Waals surface area contributed by atoms with E-state index in [1.165, 1.54) is 197 Å². The molecule has 0 aliphatic heterocycles. The van der Waals surface area contributed by atoms with Gasteiger partial charge in [-0.15, -0.1) is 0 Å². The first-order valence-corrected chi connectivity index (χ1v) is 50.6. The zero-order valence-electron chi connectivity index (χ0n) is 80.2. The first kappa shape index (κ1) is 85.6. The van der Waals surface area contributed by atoms with Crippen LogP contribution in [0, 0.1) is 0 Å². The van der Waals surface area contributed by atoms with E-state index in [-0.39, 0.29) is 0 Å².